The minimum Gasteiger partial charge on any atom is -0.443 e. The number of amides is 2. The summed E-state index contributed by atoms with van der Waals surface area (Å²) in [4.78, 5) is 30.6. The van der Waals surface area contributed by atoms with Crippen LogP contribution in [0, 0.1) is 0 Å². The molecule has 0 fully saturated rings. The van der Waals surface area contributed by atoms with Crippen molar-refractivity contribution >= 4 is 28.6 Å². The average Bonchev–Trinajstić information content (AvgIpc) is 2.45. The van der Waals surface area contributed by atoms with E-state index in [0.29, 0.717) is 28.8 Å². The summed E-state index contributed by atoms with van der Waals surface area (Å²) >= 11 is 0. The van der Waals surface area contributed by atoms with Crippen molar-refractivity contribution in [3.05, 3.63) is 35.5 Å². The molecule has 1 aromatic heterocycles. The summed E-state index contributed by atoms with van der Waals surface area (Å²) in [6.45, 7) is 5.52. The maximum atomic E-state index is 12.7. The number of hydrogen-bond acceptors (Lipinski definition) is 5. The van der Waals surface area contributed by atoms with Gasteiger partial charge in [0.05, 0.1) is 22.5 Å². The first-order valence-electron chi connectivity index (χ1n) is 7.50. The number of benzene rings is 1. The number of para-hydroxylation sites is 1. The molecule has 6 heteroatoms. The van der Waals surface area contributed by atoms with Gasteiger partial charge in [-0.2, -0.15) is 0 Å². The van der Waals surface area contributed by atoms with Crippen LogP contribution in [0.2, 0.25) is 0 Å². The first kappa shape index (κ1) is 15.3. The van der Waals surface area contributed by atoms with Crippen LogP contribution < -0.4 is 5.73 Å². The van der Waals surface area contributed by atoms with Gasteiger partial charge in [-0.1, -0.05) is 18.2 Å². The predicted molar refractivity (Wildman–Crippen MR) is 87.1 cm³/mol. The van der Waals surface area contributed by atoms with Crippen LogP contribution in [0.4, 0.5) is 10.5 Å². The van der Waals surface area contributed by atoms with Crippen LogP contribution in [0.3, 0.4) is 0 Å². The van der Waals surface area contributed by atoms with E-state index in [1.807, 2.05) is 24.3 Å². The van der Waals surface area contributed by atoms with E-state index in [2.05, 4.69) is 4.98 Å². The van der Waals surface area contributed by atoms with E-state index in [4.69, 9.17) is 10.5 Å². The highest BCUT2D eigenvalue weighted by molar-refractivity contribution is 6.12. The normalized spacial score (nSPS) is 14.7. The Morgan fingerprint density at radius 2 is 2.00 bits per heavy atom. The highest BCUT2D eigenvalue weighted by atomic mass is 16.6. The van der Waals surface area contributed by atoms with Gasteiger partial charge in [-0.05, 0) is 26.8 Å². The van der Waals surface area contributed by atoms with Crippen molar-refractivity contribution in [2.45, 2.75) is 32.8 Å². The summed E-state index contributed by atoms with van der Waals surface area (Å²) in [5.74, 6) is -0.448. The molecule has 2 aromatic rings. The van der Waals surface area contributed by atoms with Gasteiger partial charge in [0.25, 0.3) is 5.91 Å². The number of fused-ring (bicyclic) bond motifs is 2. The molecule has 2 N–H and O–H groups in total. The van der Waals surface area contributed by atoms with Gasteiger partial charge < -0.3 is 10.5 Å². The zero-order valence-electron chi connectivity index (χ0n) is 13.4. The summed E-state index contributed by atoms with van der Waals surface area (Å²) in [6, 6.07) is 7.39. The average molecular weight is 313 g/mol. The molecule has 3 rings (SSSR count). The van der Waals surface area contributed by atoms with Crippen LogP contribution >= 0.6 is 0 Å². The van der Waals surface area contributed by atoms with E-state index in [9.17, 15) is 9.59 Å². The van der Waals surface area contributed by atoms with Gasteiger partial charge in [0.2, 0.25) is 0 Å². The van der Waals surface area contributed by atoms with Gasteiger partial charge in [0, 0.05) is 18.4 Å². The van der Waals surface area contributed by atoms with Crippen LogP contribution in [-0.4, -0.2) is 34.0 Å². The zero-order valence-corrected chi connectivity index (χ0v) is 13.4. The van der Waals surface area contributed by atoms with Gasteiger partial charge in [-0.3, -0.25) is 9.78 Å². The van der Waals surface area contributed by atoms with E-state index in [1.54, 1.807) is 20.8 Å². The van der Waals surface area contributed by atoms with Crippen molar-refractivity contribution in [3.63, 3.8) is 0 Å². The number of pyridine rings is 1. The summed E-state index contributed by atoms with van der Waals surface area (Å²) in [6.07, 6.45) is -0.185. The van der Waals surface area contributed by atoms with Gasteiger partial charge in [0.15, 0.2) is 0 Å². The van der Waals surface area contributed by atoms with Crippen LogP contribution in [-0.2, 0) is 11.2 Å². The lowest BCUT2D eigenvalue weighted by Gasteiger charge is -2.30. The Morgan fingerprint density at radius 1 is 1.30 bits per heavy atom. The first-order valence-corrected chi connectivity index (χ1v) is 7.50. The van der Waals surface area contributed by atoms with Crippen LogP contribution in [0.15, 0.2) is 24.3 Å². The van der Waals surface area contributed by atoms with Crippen molar-refractivity contribution in [1.82, 2.24) is 9.88 Å². The minimum absolute atomic E-state index is 0.242. The Bertz CT molecular complexity index is 809. The molecule has 0 radical (unpaired) electrons. The maximum absolute atomic E-state index is 12.7. The first-order chi connectivity index (χ1) is 10.8. The van der Waals surface area contributed by atoms with Crippen molar-refractivity contribution in [1.29, 1.82) is 0 Å². The molecule has 0 saturated carbocycles. The predicted octanol–water partition coefficient (Wildman–Crippen LogP) is 2.75. The molecule has 0 saturated heterocycles. The Balaban J connectivity index is 2.03. The number of ether oxygens (including phenoxy) is 1. The minimum atomic E-state index is -0.662. The number of nitrogens with zero attached hydrogens (tertiary/aromatic N) is 2. The SMILES string of the molecule is CC(C)(C)OC(=O)N1CCc2nc3ccccc3c(N)c2C1=O. The molecule has 2 amide bonds. The molecular weight excluding hydrogens is 294 g/mol. The number of nitrogen functional groups attached to an aromatic ring is 1. The quantitative estimate of drug-likeness (QED) is 0.808. The molecule has 0 atom stereocenters. The smallest absolute Gasteiger partial charge is 0.417 e. The lowest BCUT2D eigenvalue weighted by atomic mass is 10.00. The topological polar surface area (TPSA) is 85.5 Å². The van der Waals surface area contributed by atoms with Gasteiger partial charge in [-0.15, -0.1) is 0 Å². The third kappa shape index (κ3) is 2.72. The summed E-state index contributed by atoms with van der Waals surface area (Å²) < 4.78 is 5.29. The van der Waals surface area contributed by atoms with E-state index >= 15 is 0 Å². The number of nitrogens with two attached hydrogens (primary N) is 1. The Hall–Kier alpha value is -2.63. The zero-order chi connectivity index (χ0) is 16.8. The third-order valence-corrected chi connectivity index (χ3v) is 3.65. The monoisotopic (exact) mass is 313 g/mol. The molecule has 0 unspecified atom stereocenters. The number of imide groups is 1. The summed E-state index contributed by atoms with van der Waals surface area (Å²) in [7, 11) is 0. The molecule has 0 bridgehead atoms. The molecule has 120 valence electrons. The van der Waals surface area contributed by atoms with Crippen molar-refractivity contribution < 1.29 is 14.3 Å². The van der Waals surface area contributed by atoms with E-state index in [1.165, 1.54) is 0 Å². The number of carbonyl (C=O) groups is 2. The largest absolute Gasteiger partial charge is 0.443 e. The van der Waals surface area contributed by atoms with E-state index < -0.39 is 17.6 Å². The highest BCUT2D eigenvalue weighted by Crippen LogP contribution is 2.30. The summed E-state index contributed by atoms with van der Waals surface area (Å²) in [5.41, 5.74) is 7.57. The number of hydrogen-bond donors (Lipinski definition) is 1. The maximum Gasteiger partial charge on any atom is 0.417 e. The number of rotatable bonds is 0. The second-order valence-corrected chi connectivity index (χ2v) is 6.55. The Morgan fingerprint density at radius 3 is 2.70 bits per heavy atom. The van der Waals surface area contributed by atoms with Crippen molar-refractivity contribution in [2.75, 3.05) is 12.3 Å². The Kier molecular flexibility index (Phi) is 3.47. The molecule has 23 heavy (non-hydrogen) atoms. The highest BCUT2D eigenvalue weighted by Gasteiger charge is 2.35. The van der Waals surface area contributed by atoms with Crippen molar-refractivity contribution in [2.24, 2.45) is 0 Å². The molecule has 1 aliphatic heterocycles. The fourth-order valence-electron chi connectivity index (χ4n) is 2.66. The fraction of sp³-hybridized carbons (Fsp3) is 0.353. The third-order valence-electron chi connectivity index (χ3n) is 3.65. The summed E-state index contributed by atoms with van der Waals surface area (Å²) in [5, 5.41) is 0.714. The fourth-order valence-corrected chi connectivity index (χ4v) is 2.66. The molecule has 0 aliphatic carbocycles. The molecular formula is C17H19N3O3. The van der Waals surface area contributed by atoms with Gasteiger partial charge in [-0.25, -0.2) is 9.69 Å². The molecule has 1 aliphatic rings. The number of anilines is 1. The van der Waals surface area contributed by atoms with Gasteiger partial charge in [0.1, 0.15) is 5.60 Å². The lowest BCUT2D eigenvalue weighted by molar-refractivity contribution is 0.0233. The Labute approximate surface area is 134 Å². The lowest BCUT2D eigenvalue weighted by Crippen LogP contribution is -2.45. The van der Waals surface area contributed by atoms with Crippen LogP contribution in [0.25, 0.3) is 10.9 Å². The molecule has 6 nitrogen and oxygen atoms in total. The second kappa shape index (κ2) is 5.22. The van der Waals surface area contributed by atoms with Crippen LogP contribution in [0.1, 0.15) is 36.8 Å². The number of carbonyl (C=O) groups excluding carboxylic acids is 2. The standard InChI is InChI=1S/C17H19N3O3/c1-17(2,3)23-16(22)20-9-8-12-13(15(20)21)14(18)10-6-4-5-7-11(10)19-12/h4-7H,8-9H2,1-3H3,(H2,18,19). The van der Waals surface area contributed by atoms with Gasteiger partial charge >= 0.3 is 6.09 Å². The number of aromatic nitrogens is 1. The van der Waals surface area contributed by atoms with Crippen LogP contribution in [0.5, 0.6) is 0 Å². The van der Waals surface area contributed by atoms with E-state index in [0.717, 1.165) is 10.4 Å². The second-order valence-electron chi connectivity index (χ2n) is 6.55. The van der Waals surface area contributed by atoms with E-state index in [-0.39, 0.29) is 6.54 Å². The van der Waals surface area contributed by atoms with Crippen molar-refractivity contribution in [3.8, 4) is 0 Å². The molecule has 1 aromatic carbocycles. The molecule has 0 spiro atoms. The molecule has 2 heterocycles.